The van der Waals surface area contributed by atoms with Gasteiger partial charge in [0, 0.05) is 0 Å². The first-order valence-electron chi connectivity index (χ1n) is 7.50. The molecule has 0 spiro atoms. The van der Waals surface area contributed by atoms with Gasteiger partial charge < -0.3 is 14.8 Å². The van der Waals surface area contributed by atoms with Crippen molar-refractivity contribution in [2.75, 3.05) is 19.5 Å². The Bertz CT molecular complexity index is 491. The highest BCUT2D eigenvalue weighted by Gasteiger charge is 2.45. The largest absolute Gasteiger partial charge is 0.495 e. The van der Waals surface area contributed by atoms with E-state index in [0.717, 1.165) is 30.7 Å². The predicted octanol–water partition coefficient (Wildman–Crippen LogP) is 3.48. The second-order valence-corrected chi connectivity index (χ2v) is 6.25. The van der Waals surface area contributed by atoms with E-state index in [1.165, 1.54) is 7.11 Å². The molecule has 0 saturated heterocycles. The third-order valence-corrected chi connectivity index (χ3v) is 4.26. The van der Waals surface area contributed by atoms with Crippen LogP contribution >= 0.6 is 0 Å². The number of methoxy groups -OCH3 is 2. The number of carbonyl (C=O) groups is 1. The maximum absolute atomic E-state index is 12.5. The van der Waals surface area contributed by atoms with E-state index < -0.39 is 5.54 Å². The highest BCUT2D eigenvalue weighted by atomic mass is 16.5. The van der Waals surface area contributed by atoms with Crippen LogP contribution in [-0.2, 0) is 9.53 Å². The first kappa shape index (κ1) is 15.7. The van der Waals surface area contributed by atoms with Gasteiger partial charge in [-0.1, -0.05) is 26.0 Å². The van der Waals surface area contributed by atoms with Crippen LogP contribution in [0.5, 0.6) is 5.75 Å². The number of nitrogens with one attached hydrogen (secondary N) is 1. The summed E-state index contributed by atoms with van der Waals surface area (Å²) < 4.78 is 10.5. The molecule has 0 heterocycles. The Kier molecular flexibility index (Phi) is 4.76. The molecule has 0 aliphatic heterocycles. The van der Waals surface area contributed by atoms with Crippen LogP contribution in [0.15, 0.2) is 24.3 Å². The van der Waals surface area contributed by atoms with E-state index >= 15 is 0 Å². The Labute approximate surface area is 126 Å². The monoisotopic (exact) mass is 291 g/mol. The zero-order chi connectivity index (χ0) is 15.5. The topological polar surface area (TPSA) is 47.6 Å². The molecule has 2 unspecified atom stereocenters. The molecular weight excluding hydrogens is 266 g/mol. The first-order valence-corrected chi connectivity index (χ1v) is 7.50. The zero-order valence-electron chi connectivity index (χ0n) is 13.3. The number of carbonyl (C=O) groups excluding carboxylic acids is 1. The molecule has 0 amide bonds. The zero-order valence-corrected chi connectivity index (χ0v) is 13.3. The van der Waals surface area contributed by atoms with Gasteiger partial charge in [0.05, 0.1) is 19.9 Å². The van der Waals surface area contributed by atoms with Crippen molar-refractivity contribution in [1.29, 1.82) is 0 Å². The standard InChI is InChI=1S/C17H25NO3/c1-12-9-13(2)11-17(10-12,16(19)21-4)18-14-7-5-6-8-15(14)20-3/h5-8,12-13,18H,9-11H2,1-4H3. The number of hydrogen-bond donors (Lipinski definition) is 1. The second kappa shape index (κ2) is 6.37. The van der Waals surface area contributed by atoms with Gasteiger partial charge in [0.1, 0.15) is 11.3 Å². The highest BCUT2D eigenvalue weighted by molar-refractivity contribution is 5.85. The van der Waals surface area contributed by atoms with Crippen molar-refractivity contribution < 1.29 is 14.3 Å². The summed E-state index contributed by atoms with van der Waals surface area (Å²) in [4.78, 5) is 12.5. The number of ether oxygens (including phenoxy) is 2. The van der Waals surface area contributed by atoms with Gasteiger partial charge in [-0.05, 0) is 43.2 Å². The minimum absolute atomic E-state index is 0.188. The highest BCUT2D eigenvalue weighted by Crippen LogP contribution is 2.40. The van der Waals surface area contributed by atoms with Crippen LogP contribution in [0.1, 0.15) is 33.1 Å². The Morgan fingerprint density at radius 2 is 1.81 bits per heavy atom. The Balaban J connectivity index is 2.34. The third kappa shape index (κ3) is 3.31. The van der Waals surface area contributed by atoms with Crippen LogP contribution in [0.2, 0.25) is 0 Å². The predicted molar refractivity (Wildman–Crippen MR) is 83.5 cm³/mol. The van der Waals surface area contributed by atoms with Gasteiger partial charge in [-0.25, -0.2) is 4.79 Å². The first-order chi connectivity index (χ1) is 10.0. The molecule has 2 rings (SSSR count). The number of rotatable bonds is 4. The molecule has 1 aliphatic carbocycles. The van der Waals surface area contributed by atoms with Crippen molar-refractivity contribution in [3.8, 4) is 5.75 Å². The van der Waals surface area contributed by atoms with Crippen molar-refractivity contribution in [3.05, 3.63) is 24.3 Å². The van der Waals surface area contributed by atoms with E-state index in [1.807, 2.05) is 24.3 Å². The lowest BCUT2D eigenvalue weighted by Crippen LogP contribution is -2.52. The normalized spacial score (nSPS) is 28.8. The average Bonchev–Trinajstić information content (AvgIpc) is 2.45. The lowest BCUT2D eigenvalue weighted by Gasteiger charge is -2.41. The van der Waals surface area contributed by atoms with E-state index in [4.69, 9.17) is 9.47 Å². The summed E-state index contributed by atoms with van der Waals surface area (Å²) in [5.41, 5.74) is 0.173. The van der Waals surface area contributed by atoms with Crippen LogP contribution < -0.4 is 10.1 Å². The quantitative estimate of drug-likeness (QED) is 0.863. The van der Waals surface area contributed by atoms with Gasteiger partial charge in [0.15, 0.2) is 0 Å². The van der Waals surface area contributed by atoms with E-state index in [2.05, 4.69) is 19.2 Å². The maximum Gasteiger partial charge on any atom is 0.331 e. The number of anilines is 1. The number of esters is 1. The third-order valence-electron chi connectivity index (χ3n) is 4.26. The summed E-state index contributed by atoms with van der Waals surface area (Å²) in [5.74, 6) is 1.52. The molecular formula is C17H25NO3. The summed E-state index contributed by atoms with van der Waals surface area (Å²) >= 11 is 0. The Morgan fingerprint density at radius 1 is 1.19 bits per heavy atom. The van der Waals surface area contributed by atoms with Crippen LogP contribution in [0.25, 0.3) is 0 Å². The smallest absolute Gasteiger partial charge is 0.331 e. The molecule has 21 heavy (non-hydrogen) atoms. The summed E-state index contributed by atoms with van der Waals surface area (Å²) in [5, 5.41) is 3.43. The van der Waals surface area contributed by atoms with Crippen molar-refractivity contribution in [2.24, 2.45) is 11.8 Å². The molecule has 1 N–H and O–H groups in total. The van der Waals surface area contributed by atoms with Gasteiger partial charge in [-0.2, -0.15) is 0 Å². The van der Waals surface area contributed by atoms with Crippen LogP contribution in [0, 0.1) is 11.8 Å². The Morgan fingerprint density at radius 3 is 2.38 bits per heavy atom. The fraction of sp³-hybridized carbons (Fsp3) is 0.588. The van der Waals surface area contributed by atoms with E-state index in [9.17, 15) is 4.79 Å². The molecule has 2 atom stereocenters. The molecule has 116 valence electrons. The maximum atomic E-state index is 12.5. The number of hydrogen-bond acceptors (Lipinski definition) is 4. The molecule has 0 radical (unpaired) electrons. The molecule has 1 saturated carbocycles. The fourth-order valence-electron chi connectivity index (χ4n) is 3.65. The Hall–Kier alpha value is -1.71. The fourth-order valence-corrected chi connectivity index (χ4v) is 3.65. The van der Waals surface area contributed by atoms with Crippen molar-refractivity contribution >= 4 is 11.7 Å². The molecule has 1 aromatic carbocycles. The lowest BCUT2D eigenvalue weighted by molar-refractivity contribution is -0.148. The van der Waals surface area contributed by atoms with E-state index in [-0.39, 0.29) is 5.97 Å². The number of para-hydroxylation sites is 2. The van der Waals surface area contributed by atoms with Gasteiger partial charge in [-0.15, -0.1) is 0 Å². The molecule has 4 heteroatoms. The molecule has 1 aliphatic rings. The molecule has 4 nitrogen and oxygen atoms in total. The van der Waals surface area contributed by atoms with Gasteiger partial charge in [0.25, 0.3) is 0 Å². The minimum Gasteiger partial charge on any atom is -0.495 e. The summed E-state index contributed by atoms with van der Waals surface area (Å²) in [7, 11) is 3.09. The van der Waals surface area contributed by atoms with Crippen molar-refractivity contribution in [3.63, 3.8) is 0 Å². The molecule has 1 aromatic rings. The van der Waals surface area contributed by atoms with Gasteiger partial charge in [-0.3, -0.25) is 0 Å². The summed E-state index contributed by atoms with van der Waals surface area (Å²) in [6.07, 6.45) is 2.70. The molecule has 0 bridgehead atoms. The van der Waals surface area contributed by atoms with E-state index in [0.29, 0.717) is 11.8 Å². The van der Waals surface area contributed by atoms with Crippen LogP contribution in [0.4, 0.5) is 5.69 Å². The second-order valence-electron chi connectivity index (χ2n) is 6.25. The van der Waals surface area contributed by atoms with Gasteiger partial charge in [0.2, 0.25) is 0 Å². The van der Waals surface area contributed by atoms with Gasteiger partial charge >= 0.3 is 5.97 Å². The van der Waals surface area contributed by atoms with Crippen LogP contribution in [0.3, 0.4) is 0 Å². The summed E-state index contributed by atoms with van der Waals surface area (Å²) in [6, 6.07) is 7.68. The molecule has 1 fully saturated rings. The average molecular weight is 291 g/mol. The SMILES string of the molecule is COC(=O)C1(Nc2ccccc2OC)CC(C)CC(C)C1. The molecule has 0 aromatic heterocycles. The van der Waals surface area contributed by atoms with Crippen LogP contribution in [-0.4, -0.2) is 25.7 Å². The minimum atomic E-state index is -0.666. The van der Waals surface area contributed by atoms with Crippen molar-refractivity contribution in [2.45, 2.75) is 38.6 Å². The van der Waals surface area contributed by atoms with E-state index in [1.54, 1.807) is 7.11 Å². The van der Waals surface area contributed by atoms with Crippen molar-refractivity contribution in [1.82, 2.24) is 0 Å². The number of benzene rings is 1. The lowest BCUT2D eigenvalue weighted by atomic mass is 9.71. The summed E-state index contributed by atoms with van der Waals surface area (Å²) in [6.45, 7) is 4.38.